The Labute approximate surface area is 96.5 Å². The van der Waals surface area contributed by atoms with E-state index < -0.39 is 5.97 Å². The van der Waals surface area contributed by atoms with Gasteiger partial charge in [0.2, 0.25) is 0 Å². The van der Waals surface area contributed by atoms with Crippen molar-refractivity contribution in [2.45, 2.75) is 0 Å². The van der Waals surface area contributed by atoms with Crippen LogP contribution < -0.4 is 0 Å². The molecule has 0 unspecified atom stereocenters. The molecular formula is C11H8CoO3. The van der Waals surface area contributed by atoms with Crippen LogP contribution in [0.4, 0.5) is 0 Å². The first-order valence-electron chi connectivity index (χ1n) is 4.13. The molecule has 2 N–H and O–H groups in total. The van der Waals surface area contributed by atoms with Gasteiger partial charge in [-0.15, -0.1) is 0 Å². The van der Waals surface area contributed by atoms with E-state index in [1.54, 1.807) is 6.07 Å². The summed E-state index contributed by atoms with van der Waals surface area (Å²) in [5.41, 5.74) is -0.0660. The van der Waals surface area contributed by atoms with Gasteiger partial charge in [0.25, 0.3) is 0 Å². The molecule has 15 heavy (non-hydrogen) atoms. The summed E-state index contributed by atoms with van der Waals surface area (Å²) in [6.07, 6.45) is 0. The second-order valence-corrected chi connectivity index (χ2v) is 3.02. The second-order valence-electron chi connectivity index (χ2n) is 3.02. The van der Waals surface area contributed by atoms with Crippen LogP contribution in [-0.2, 0) is 16.8 Å². The van der Waals surface area contributed by atoms with Crippen molar-refractivity contribution in [3.8, 4) is 5.75 Å². The molecule has 0 saturated carbocycles. The van der Waals surface area contributed by atoms with Crippen LogP contribution in [0.25, 0.3) is 10.8 Å². The first-order valence-corrected chi connectivity index (χ1v) is 4.13. The van der Waals surface area contributed by atoms with Gasteiger partial charge in [-0.3, -0.25) is 0 Å². The van der Waals surface area contributed by atoms with E-state index in [1.807, 2.05) is 18.2 Å². The third-order valence-electron chi connectivity index (χ3n) is 2.09. The van der Waals surface area contributed by atoms with Gasteiger partial charge in [-0.2, -0.15) is 0 Å². The van der Waals surface area contributed by atoms with E-state index in [9.17, 15) is 9.90 Å². The van der Waals surface area contributed by atoms with Crippen molar-refractivity contribution >= 4 is 16.7 Å². The van der Waals surface area contributed by atoms with Gasteiger partial charge in [0, 0.05) is 16.8 Å². The Morgan fingerprint density at radius 1 is 1.07 bits per heavy atom. The quantitative estimate of drug-likeness (QED) is 0.812. The average molecular weight is 247 g/mol. The van der Waals surface area contributed by atoms with Crippen molar-refractivity contribution in [2.24, 2.45) is 0 Å². The molecule has 2 aromatic rings. The first kappa shape index (κ1) is 11.6. The third-order valence-corrected chi connectivity index (χ3v) is 2.09. The van der Waals surface area contributed by atoms with Gasteiger partial charge in [-0.25, -0.2) is 4.79 Å². The number of rotatable bonds is 1. The molecule has 0 atom stereocenters. The summed E-state index contributed by atoms with van der Waals surface area (Å²) in [7, 11) is 0. The zero-order chi connectivity index (χ0) is 10.1. The summed E-state index contributed by atoms with van der Waals surface area (Å²) in [6.45, 7) is 0. The molecule has 2 aromatic carbocycles. The molecule has 3 nitrogen and oxygen atoms in total. The number of fused-ring (bicyclic) bond motifs is 1. The van der Waals surface area contributed by atoms with Gasteiger partial charge in [0.15, 0.2) is 0 Å². The van der Waals surface area contributed by atoms with Gasteiger partial charge < -0.3 is 10.2 Å². The minimum Gasteiger partial charge on any atom is -0.507 e. The number of phenols is 1. The predicted molar refractivity (Wildman–Crippen MR) is 52.6 cm³/mol. The summed E-state index contributed by atoms with van der Waals surface area (Å²) in [5, 5.41) is 19.8. The largest absolute Gasteiger partial charge is 0.507 e. The Morgan fingerprint density at radius 2 is 1.60 bits per heavy atom. The smallest absolute Gasteiger partial charge is 0.339 e. The molecule has 0 heterocycles. The van der Waals surface area contributed by atoms with Gasteiger partial charge in [-0.05, 0) is 22.9 Å². The normalized spacial score (nSPS) is 9.60. The van der Waals surface area contributed by atoms with Crippen LogP contribution in [-0.4, -0.2) is 16.2 Å². The van der Waals surface area contributed by atoms with E-state index in [1.165, 1.54) is 12.1 Å². The van der Waals surface area contributed by atoms with Crippen molar-refractivity contribution in [3.63, 3.8) is 0 Å². The summed E-state index contributed by atoms with van der Waals surface area (Å²) < 4.78 is 0. The molecule has 0 aliphatic carbocycles. The van der Waals surface area contributed by atoms with E-state index in [-0.39, 0.29) is 28.1 Å². The standard InChI is InChI=1S/C11H8O3.Co/c12-10-6-8-4-2-1-3-7(8)5-9(10)11(13)14;/h1-6,12H,(H,13,14);. The summed E-state index contributed by atoms with van der Waals surface area (Å²) >= 11 is 0. The van der Waals surface area contributed by atoms with Crippen molar-refractivity contribution < 1.29 is 31.8 Å². The van der Waals surface area contributed by atoms with Crippen LogP contribution in [0, 0.1) is 0 Å². The molecular weight excluding hydrogens is 239 g/mol. The number of hydrogen-bond acceptors (Lipinski definition) is 2. The minimum atomic E-state index is -1.12. The van der Waals surface area contributed by atoms with E-state index in [4.69, 9.17) is 5.11 Å². The molecule has 0 spiro atoms. The fraction of sp³-hybridized carbons (Fsp3) is 0. The molecule has 0 aliphatic rings. The van der Waals surface area contributed by atoms with Crippen LogP contribution in [0.2, 0.25) is 0 Å². The third kappa shape index (κ3) is 2.11. The minimum absolute atomic E-state index is 0. The second kappa shape index (κ2) is 4.33. The van der Waals surface area contributed by atoms with E-state index in [2.05, 4.69) is 0 Å². The Balaban J connectivity index is 0.00000112. The van der Waals surface area contributed by atoms with Gasteiger partial charge in [0.1, 0.15) is 11.3 Å². The average Bonchev–Trinajstić information content (AvgIpc) is 2.16. The van der Waals surface area contributed by atoms with E-state index in [0.717, 1.165) is 10.8 Å². The number of carboxylic acid groups (broad SMARTS) is 1. The SMILES string of the molecule is O=C(O)c1cc2ccccc2cc1O.[Co]. The molecule has 0 saturated heterocycles. The van der Waals surface area contributed by atoms with Crippen LogP contribution in [0.15, 0.2) is 36.4 Å². The molecule has 1 radical (unpaired) electrons. The van der Waals surface area contributed by atoms with Crippen molar-refractivity contribution in [1.82, 2.24) is 0 Å². The van der Waals surface area contributed by atoms with Crippen molar-refractivity contribution in [3.05, 3.63) is 42.0 Å². The molecule has 4 heteroatoms. The van der Waals surface area contributed by atoms with Gasteiger partial charge in [0.05, 0.1) is 0 Å². The number of carbonyl (C=O) groups is 1. The van der Waals surface area contributed by atoms with Crippen LogP contribution in [0.1, 0.15) is 10.4 Å². The molecule has 79 valence electrons. The number of aromatic hydroxyl groups is 1. The predicted octanol–water partition coefficient (Wildman–Crippen LogP) is 2.24. The summed E-state index contributed by atoms with van der Waals surface area (Å²) in [6, 6.07) is 10.2. The van der Waals surface area contributed by atoms with Gasteiger partial charge in [-0.1, -0.05) is 24.3 Å². The first-order chi connectivity index (χ1) is 6.68. The Hall–Kier alpha value is -1.52. The number of hydrogen-bond donors (Lipinski definition) is 2. The maximum absolute atomic E-state index is 10.7. The molecule has 0 aromatic heterocycles. The molecule has 2 rings (SSSR count). The molecule has 0 bridgehead atoms. The topological polar surface area (TPSA) is 57.5 Å². The van der Waals surface area contributed by atoms with Crippen LogP contribution in [0.3, 0.4) is 0 Å². The molecule has 0 fully saturated rings. The van der Waals surface area contributed by atoms with Crippen molar-refractivity contribution in [1.29, 1.82) is 0 Å². The van der Waals surface area contributed by atoms with E-state index in [0.29, 0.717) is 0 Å². The monoisotopic (exact) mass is 247 g/mol. The maximum atomic E-state index is 10.7. The van der Waals surface area contributed by atoms with Crippen LogP contribution in [0.5, 0.6) is 5.75 Å². The number of benzene rings is 2. The number of carboxylic acids is 1. The Morgan fingerprint density at radius 3 is 2.13 bits per heavy atom. The van der Waals surface area contributed by atoms with Gasteiger partial charge >= 0.3 is 5.97 Å². The molecule has 0 aliphatic heterocycles. The van der Waals surface area contributed by atoms with Crippen LogP contribution >= 0.6 is 0 Å². The zero-order valence-corrected chi connectivity index (χ0v) is 8.64. The molecule has 0 amide bonds. The Kier molecular flexibility index (Phi) is 3.34. The fourth-order valence-corrected chi connectivity index (χ4v) is 1.40. The van der Waals surface area contributed by atoms with Crippen molar-refractivity contribution in [2.75, 3.05) is 0 Å². The summed E-state index contributed by atoms with van der Waals surface area (Å²) in [5.74, 6) is -1.32. The maximum Gasteiger partial charge on any atom is 0.339 e. The summed E-state index contributed by atoms with van der Waals surface area (Å²) in [4.78, 5) is 10.7. The van der Waals surface area contributed by atoms with E-state index >= 15 is 0 Å². The number of aromatic carboxylic acids is 1. The zero-order valence-electron chi connectivity index (χ0n) is 7.60. The fourth-order valence-electron chi connectivity index (χ4n) is 1.40. The Bertz CT molecular complexity index is 508.